The highest BCUT2D eigenvalue weighted by molar-refractivity contribution is 5.27. The molecule has 0 aliphatic carbocycles. The van der Waals surface area contributed by atoms with Crippen molar-refractivity contribution in [2.75, 3.05) is 0 Å². The van der Waals surface area contributed by atoms with E-state index in [2.05, 4.69) is 0 Å². The highest BCUT2D eigenvalue weighted by Gasteiger charge is 2.04. The molecule has 0 saturated carbocycles. The van der Waals surface area contributed by atoms with Crippen molar-refractivity contribution < 1.29 is 11.6 Å². The molecule has 60 valence electrons. The average Bonchev–Trinajstić information content (AvgIpc) is 2.03. The van der Waals surface area contributed by atoms with Crippen LogP contribution >= 0.6 is 0 Å². The molecule has 2 nitrogen and oxygen atoms in total. The summed E-state index contributed by atoms with van der Waals surface area (Å²) >= 11 is 0. The predicted octanol–water partition coefficient (Wildman–Crippen LogP) is 1.23. The van der Waals surface area contributed by atoms with E-state index in [9.17, 15) is 5.11 Å². The van der Waals surface area contributed by atoms with Crippen molar-refractivity contribution in [1.29, 1.82) is 0 Å². The SMILES string of the molecule is [2H]C(C)(O)c1ccccc1CO. The highest BCUT2D eigenvalue weighted by Crippen LogP contribution is 2.16. The minimum Gasteiger partial charge on any atom is -0.392 e. The summed E-state index contributed by atoms with van der Waals surface area (Å²) in [6, 6.07) is 6.83. The van der Waals surface area contributed by atoms with Gasteiger partial charge in [-0.2, -0.15) is 0 Å². The molecule has 0 saturated heterocycles. The zero-order valence-corrected chi connectivity index (χ0v) is 6.41. The molecule has 0 heterocycles. The molecule has 0 aliphatic rings. The van der Waals surface area contributed by atoms with Gasteiger partial charge in [0, 0.05) is 0 Å². The Labute approximate surface area is 67.5 Å². The zero-order valence-electron chi connectivity index (χ0n) is 7.41. The molecule has 2 heteroatoms. The van der Waals surface area contributed by atoms with Crippen LogP contribution in [0.1, 0.15) is 25.5 Å². The van der Waals surface area contributed by atoms with Crippen LogP contribution in [0, 0.1) is 0 Å². The predicted molar refractivity (Wildman–Crippen MR) is 43.0 cm³/mol. The van der Waals surface area contributed by atoms with E-state index in [1.807, 2.05) is 0 Å². The van der Waals surface area contributed by atoms with Gasteiger partial charge in [0.2, 0.25) is 0 Å². The van der Waals surface area contributed by atoms with Crippen molar-refractivity contribution in [3.8, 4) is 0 Å². The number of aliphatic hydroxyl groups excluding tert-OH is 1. The molecule has 1 atom stereocenters. The van der Waals surface area contributed by atoms with Crippen LogP contribution in [0.15, 0.2) is 24.3 Å². The van der Waals surface area contributed by atoms with Gasteiger partial charge in [0.15, 0.2) is 0 Å². The van der Waals surface area contributed by atoms with E-state index in [-0.39, 0.29) is 6.61 Å². The number of rotatable bonds is 2. The van der Waals surface area contributed by atoms with Crippen molar-refractivity contribution in [1.82, 2.24) is 0 Å². The zero-order chi connectivity index (χ0) is 9.19. The minimum atomic E-state index is -1.63. The van der Waals surface area contributed by atoms with Gasteiger partial charge in [0.1, 0.15) is 0 Å². The largest absolute Gasteiger partial charge is 0.392 e. The number of hydrogen-bond acceptors (Lipinski definition) is 2. The molecule has 0 fully saturated rings. The fraction of sp³-hybridized carbons (Fsp3) is 0.333. The standard InChI is InChI=1S/C9H12O2/c1-7(11)9-5-3-2-4-8(9)6-10/h2-5,7,10-11H,6H2,1H3/i7D. The molecular weight excluding hydrogens is 140 g/mol. The van der Waals surface area contributed by atoms with Crippen LogP contribution in [0.4, 0.5) is 0 Å². The summed E-state index contributed by atoms with van der Waals surface area (Å²) in [4.78, 5) is 0. The Kier molecular flexibility index (Phi) is 2.18. The smallest absolute Gasteiger partial charge is 0.0765 e. The topological polar surface area (TPSA) is 40.5 Å². The molecule has 1 aromatic rings. The summed E-state index contributed by atoms with van der Waals surface area (Å²) in [5, 5.41) is 18.2. The van der Waals surface area contributed by atoms with Gasteiger partial charge in [-0.3, -0.25) is 0 Å². The van der Waals surface area contributed by atoms with E-state index in [0.29, 0.717) is 11.1 Å². The third-order valence-corrected chi connectivity index (χ3v) is 1.58. The van der Waals surface area contributed by atoms with Gasteiger partial charge in [-0.15, -0.1) is 0 Å². The average molecular weight is 153 g/mol. The van der Waals surface area contributed by atoms with Crippen molar-refractivity contribution in [3.05, 3.63) is 35.4 Å². The molecule has 1 unspecified atom stereocenters. The van der Waals surface area contributed by atoms with E-state index in [4.69, 9.17) is 6.48 Å². The van der Waals surface area contributed by atoms with Crippen molar-refractivity contribution in [2.45, 2.75) is 19.6 Å². The summed E-state index contributed by atoms with van der Waals surface area (Å²) in [7, 11) is 0. The summed E-state index contributed by atoms with van der Waals surface area (Å²) in [6.07, 6.45) is -1.63. The monoisotopic (exact) mass is 153 g/mol. The fourth-order valence-corrected chi connectivity index (χ4v) is 1.01. The first-order chi connectivity index (χ1) is 5.55. The Hall–Kier alpha value is -0.860. The lowest BCUT2D eigenvalue weighted by molar-refractivity contribution is 0.193. The summed E-state index contributed by atoms with van der Waals surface area (Å²) in [5.41, 5.74) is 1.05. The van der Waals surface area contributed by atoms with Gasteiger partial charge in [0.05, 0.1) is 14.1 Å². The molecular formula is C9H12O2. The van der Waals surface area contributed by atoms with E-state index in [1.54, 1.807) is 24.3 Å². The third kappa shape index (κ3) is 1.79. The molecule has 0 aromatic heterocycles. The molecule has 1 rings (SSSR count). The molecule has 0 bridgehead atoms. The lowest BCUT2D eigenvalue weighted by atomic mass is 10.0. The van der Waals surface area contributed by atoms with Gasteiger partial charge in [-0.05, 0) is 18.1 Å². The second-order valence-corrected chi connectivity index (χ2v) is 2.40. The quantitative estimate of drug-likeness (QED) is 0.671. The maximum Gasteiger partial charge on any atom is 0.0765 e. The van der Waals surface area contributed by atoms with Crippen LogP contribution in [-0.4, -0.2) is 10.2 Å². The lowest BCUT2D eigenvalue weighted by Crippen LogP contribution is -1.97. The van der Waals surface area contributed by atoms with E-state index in [1.165, 1.54) is 6.92 Å². The van der Waals surface area contributed by atoms with Gasteiger partial charge in [-0.25, -0.2) is 0 Å². The molecule has 11 heavy (non-hydrogen) atoms. The van der Waals surface area contributed by atoms with E-state index >= 15 is 0 Å². The van der Waals surface area contributed by atoms with Crippen LogP contribution in [0.25, 0.3) is 0 Å². The fourth-order valence-electron chi connectivity index (χ4n) is 1.01. The van der Waals surface area contributed by atoms with Crippen molar-refractivity contribution in [2.24, 2.45) is 0 Å². The Bertz CT molecular complexity index is 265. The Morgan fingerprint density at radius 2 is 2.18 bits per heavy atom. The van der Waals surface area contributed by atoms with Crippen molar-refractivity contribution in [3.63, 3.8) is 0 Å². The first-order valence-corrected chi connectivity index (χ1v) is 3.47. The van der Waals surface area contributed by atoms with Crippen LogP contribution in [0.3, 0.4) is 0 Å². The van der Waals surface area contributed by atoms with Crippen LogP contribution in [-0.2, 0) is 6.61 Å². The third-order valence-electron chi connectivity index (χ3n) is 1.58. The van der Waals surface area contributed by atoms with E-state index in [0.717, 1.165) is 0 Å². The second-order valence-electron chi connectivity index (χ2n) is 2.40. The van der Waals surface area contributed by atoms with E-state index < -0.39 is 6.08 Å². The van der Waals surface area contributed by atoms with Crippen LogP contribution in [0.5, 0.6) is 0 Å². The first-order valence-electron chi connectivity index (χ1n) is 3.97. The molecule has 0 aliphatic heterocycles. The maximum atomic E-state index is 9.36. The second kappa shape index (κ2) is 3.51. The molecule has 1 aromatic carbocycles. The highest BCUT2D eigenvalue weighted by atomic mass is 16.3. The van der Waals surface area contributed by atoms with Gasteiger partial charge in [0.25, 0.3) is 0 Å². The lowest BCUT2D eigenvalue weighted by Gasteiger charge is -2.08. The number of benzene rings is 1. The Morgan fingerprint density at radius 1 is 1.55 bits per heavy atom. The minimum absolute atomic E-state index is 0.148. The maximum absolute atomic E-state index is 9.36. The summed E-state index contributed by atoms with van der Waals surface area (Å²) < 4.78 is 7.36. The van der Waals surface area contributed by atoms with Crippen LogP contribution in [0.2, 0.25) is 0 Å². The van der Waals surface area contributed by atoms with Gasteiger partial charge >= 0.3 is 0 Å². The van der Waals surface area contributed by atoms with Crippen molar-refractivity contribution >= 4 is 0 Å². The summed E-state index contributed by atoms with van der Waals surface area (Å²) in [5.74, 6) is 0. The summed E-state index contributed by atoms with van der Waals surface area (Å²) in [6.45, 7) is 1.23. The number of aliphatic hydroxyl groups is 2. The normalized spacial score (nSPS) is 17.2. The molecule has 0 spiro atoms. The van der Waals surface area contributed by atoms with Gasteiger partial charge in [-0.1, -0.05) is 24.3 Å². The molecule has 0 amide bonds. The molecule has 2 N–H and O–H groups in total. The Balaban J connectivity index is 3.14. The van der Waals surface area contributed by atoms with Gasteiger partial charge < -0.3 is 10.2 Å². The number of hydrogen-bond donors (Lipinski definition) is 2. The molecule has 0 radical (unpaired) electrons. The first kappa shape index (κ1) is 6.83. The van der Waals surface area contributed by atoms with Crippen LogP contribution < -0.4 is 0 Å². The Morgan fingerprint density at radius 3 is 2.64 bits per heavy atom.